The lowest BCUT2D eigenvalue weighted by Gasteiger charge is -2.38. The molecule has 1 atom stereocenters. The summed E-state index contributed by atoms with van der Waals surface area (Å²) in [6, 6.07) is 13.2. The van der Waals surface area contributed by atoms with Gasteiger partial charge in [-0.25, -0.2) is 8.42 Å². The number of carbonyl (C=O) groups is 1. The molecule has 2 saturated heterocycles. The first kappa shape index (κ1) is 23.5. The standard InChI is InChI=1S/C23H30N4O5S/c1-18(25-9-11-26(12-10-25)20-5-7-21(28)8-6-20)23(29)24-19-3-2-4-22(17-19)33(30,31)27-13-15-32-16-14-27/h2-8,17-18,28H,9-16H2,1H3,(H,24,29)/t18-/m0/s1. The van der Waals surface area contributed by atoms with Crippen LogP contribution in [-0.2, 0) is 19.6 Å². The van der Waals surface area contributed by atoms with Crippen molar-refractivity contribution in [3.8, 4) is 5.75 Å². The number of anilines is 2. The maximum atomic E-state index is 12.9. The van der Waals surface area contributed by atoms with Gasteiger partial charge >= 0.3 is 0 Å². The smallest absolute Gasteiger partial charge is 0.243 e. The maximum absolute atomic E-state index is 12.9. The van der Waals surface area contributed by atoms with E-state index in [1.165, 1.54) is 10.4 Å². The molecule has 2 heterocycles. The van der Waals surface area contributed by atoms with Crippen LogP contribution in [-0.4, -0.2) is 87.2 Å². The second-order valence-electron chi connectivity index (χ2n) is 8.25. The van der Waals surface area contributed by atoms with Gasteiger partial charge in [0.2, 0.25) is 15.9 Å². The van der Waals surface area contributed by atoms with E-state index in [1.54, 1.807) is 30.3 Å². The Morgan fingerprint density at radius 3 is 2.33 bits per heavy atom. The number of benzene rings is 2. The molecule has 4 rings (SSSR count). The van der Waals surface area contributed by atoms with Crippen molar-refractivity contribution in [2.24, 2.45) is 0 Å². The summed E-state index contributed by atoms with van der Waals surface area (Å²) in [5.74, 6) is 0.0681. The minimum atomic E-state index is -3.63. The largest absolute Gasteiger partial charge is 0.508 e. The van der Waals surface area contributed by atoms with E-state index >= 15 is 0 Å². The molecule has 0 unspecified atom stereocenters. The number of phenolic OH excluding ortho intramolecular Hbond substituents is 1. The Kier molecular flexibility index (Phi) is 7.18. The molecule has 2 aromatic carbocycles. The van der Waals surface area contributed by atoms with Gasteiger partial charge in [-0.3, -0.25) is 9.69 Å². The molecule has 33 heavy (non-hydrogen) atoms. The van der Waals surface area contributed by atoms with Crippen molar-refractivity contribution < 1.29 is 23.1 Å². The Hall–Kier alpha value is -2.66. The Morgan fingerprint density at radius 1 is 1.00 bits per heavy atom. The maximum Gasteiger partial charge on any atom is 0.243 e. The van der Waals surface area contributed by atoms with Crippen LogP contribution >= 0.6 is 0 Å². The Morgan fingerprint density at radius 2 is 1.67 bits per heavy atom. The molecular weight excluding hydrogens is 444 g/mol. The third-order valence-electron chi connectivity index (χ3n) is 6.17. The molecule has 10 heteroatoms. The van der Waals surface area contributed by atoms with Gasteiger partial charge in [-0.05, 0) is 49.4 Å². The fraction of sp³-hybridized carbons (Fsp3) is 0.435. The highest BCUT2D eigenvalue weighted by molar-refractivity contribution is 7.89. The summed E-state index contributed by atoms with van der Waals surface area (Å²) in [5.41, 5.74) is 1.51. The average Bonchev–Trinajstić information content (AvgIpc) is 2.85. The second-order valence-corrected chi connectivity index (χ2v) is 10.2. The lowest BCUT2D eigenvalue weighted by Crippen LogP contribution is -2.52. The molecule has 178 valence electrons. The van der Waals surface area contributed by atoms with E-state index in [9.17, 15) is 18.3 Å². The van der Waals surface area contributed by atoms with Gasteiger partial charge < -0.3 is 20.1 Å². The van der Waals surface area contributed by atoms with Crippen molar-refractivity contribution in [1.82, 2.24) is 9.21 Å². The Bertz CT molecular complexity index is 1060. The monoisotopic (exact) mass is 474 g/mol. The van der Waals surface area contributed by atoms with Crippen molar-refractivity contribution in [3.63, 3.8) is 0 Å². The van der Waals surface area contributed by atoms with Gasteiger partial charge in [0.25, 0.3) is 0 Å². The molecule has 0 saturated carbocycles. The summed E-state index contributed by atoms with van der Waals surface area (Å²) in [5, 5.41) is 12.3. The highest BCUT2D eigenvalue weighted by Crippen LogP contribution is 2.22. The summed E-state index contributed by atoms with van der Waals surface area (Å²) in [6.07, 6.45) is 0. The number of amides is 1. The number of morpholine rings is 1. The zero-order chi connectivity index (χ0) is 23.4. The predicted octanol–water partition coefficient (Wildman–Crippen LogP) is 1.56. The molecule has 2 aliphatic rings. The highest BCUT2D eigenvalue weighted by Gasteiger charge is 2.28. The summed E-state index contributed by atoms with van der Waals surface area (Å²) in [7, 11) is -3.63. The van der Waals surface area contributed by atoms with Crippen LogP contribution < -0.4 is 10.2 Å². The van der Waals surface area contributed by atoms with Crippen molar-refractivity contribution in [2.45, 2.75) is 17.9 Å². The van der Waals surface area contributed by atoms with Gasteiger partial charge in [0.1, 0.15) is 5.75 Å². The minimum absolute atomic E-state index is 0.164. The van der Waals surface area contributed by atoms with Crippen LogP contribution in [0.2, 0.25) is 0 Å². The second kappa shape index (κ2) is 10.1. The first-order valence-electron chi connectivity index (χ1n) is 11.1. The number of aromatic hydroxyl groups is 1. The van der Waals surface area contributed by atoms with Gasteiger partial charge in [0.15, 0.2) is 0 Å². The number of nitrogens with one attached hydrogen (secondary N) is 1. The van der Waals surface area contributed by atoms with Crippen LogP contribution in [0.15, 0.2) is 53.4 Å². The average molecular weight is 475 g/mol. The molecule has 0 radical (unpaired) electrons. The molecule has 2 aromatic rings. The summed E-state index contributed by atoms with van der Waals surface area (Å²) in [6.45, 7) is 6.27. The number of hydrogen-bond donors (Lipinski definition) is 2. The number of ether oxygens (including phenoxy) is 1. The quantitative estimate of drug-likeness (QED) is 0.655. The topological polar surface area (TPSA) is 102 Å². The van der Waals surface area contributed by atoms with Crippen LogP contribution in [0.1, 0.15) is 6.92 Å². The number of sulfonamides is 1. The lowest BCUT2D eigenvalue weighted by atomic mass is 10.2. The van der Waals surface area contributed by atoms with Gasteiger partial charge in [-0.15, -0.1) is 0 Å². The zero-order valence-corrected chi connectivity index (χ0v) is 19.5. The van der Waals surface area contributed by atoms with Crippen LogP contribution in [0, 0.1) is 0 Å². The molecule has 9 nitrogen and oxygen atoms in total. The third kappa shape index (κ3) is 5.47. The van der Waals surface area contributed by atoms with Gasteiger partial charge in [0.05, 0.1) is 24.2 Å². The number of carbonyl (C=O) groups excluding carboxylic acids is 1. The number of phenols is 1. The summed E-state index contributed by atoms with van der Waals surface area (Å²) >= 11 is 0. The first-order chi connectivity index (χ1) is 15.8. The highest BCUT2D eigenvalue weighted by atomic mass is 32.2. The van der Waals surface area contributed by atoms with Crippen LogP contribution in [0.4, 0.5) is 11.4 Å². The number of rotatable bonds is 6. The fourth-order valence-corrected chi connectivity index (χ4v) is 5.57. The molecule has 0 spiro atoms. The third-order valence-corrected chi connectivity index (χ3v) is 8.06. The van der Waals surface area contributed by atoms with Crippen molar-refractivity contribution >= 4 is 27.3 Å². The van der Waals surface area contributed by atoms with E-state index in [-0.39, 0.29) is 22.6 Å². The van der Waals surface area contributed by atoms with Crippen molar-refractivity contribution in [3.05, 3.63) is 48.5 Å². The molecule has 2 aliphatic heterocycles. The predicted molar refractivity (Wildman–Crippen MR) is 126 cm³/mol. The molecule has 0 bridgehead atoms. The van der Waals surface area contributed by atoms with Gasteiger partial charge in [0, 0.05) is 50.6 Å². The normalized spacial score (nSPS) is 19.2. The molecule has 0 aromatic heterocycles. The fourth-order valence-electron chi connectivity index (χ4n) is 4.11. The summed E-state index contributed by atoms with van der Waals surface area (Å²) in [4.78, 5) is 17.4. The number of nitrogens with zero attached hydrogens (tertiary/aromatic N) is 3. The van der Waals surface area contributed by atoms with Gasteiger partial charge in [-0.2, -0.15) is 4.31 Å². The lowest BCUT2D eigenvalue weighted by molar-refractivity contribution is -0.120. The van der Waals surface area contributed by atoms with Crippen molar-refractivity contribution in [2.75, 3.05) is 62.7 Å². The SMILES string of the molecule is C[C@@H](C(=O)Nc1cccc(S(=O)(=O)N2CCOCC2)c1)N1CCN(c2ccc(O)cc2)CC1. The number of piperazine rings is 1. The Balaban J connectivity index is 1.35. The molecular formula is C23H30N4O5S. The van der Waals surface area contributed by atoms with Crippen LogP contribution in [0.5, 0.6) is 5.75 Å². The molecule has 0 aliphatic carbocycles. The molecule has 2 fully saturated rings. The van der Waals surface area contributed by atoms with Crippen LogP contribution in [0.3, 0.4) is 0 Å². The van der Waals surface area contributed by atoms with E-state index in [0.29, 0.717) is 32.0 Å². The first-order valence-corrected chi connectivity index (χ1v) is 12.6. The van der Waals surface area contributed by atoms with E-state index in [0.717, 1.165) is 31.9 Å². The van der Waals surface area contributed by atoms with Gasteiger partial charge in [-0.1, -0.05) is 6.07 Å². The van der Waals surface area contributed by atoms with E-state index in [4.69, 9.17) is 4.74 Å². The minimum Gasteiger partial charge on any atom is -0.508 e. The van der Waals surface area contributed by atoms with E-state index in [2.05, 4.69) is 15.1 Å². The molecule has 1 amide bonds. The van der Waals surface area contributed by atoms with Crippen molar-refractivity contribution in [1.29, 1.82) is 0 Å². The molecule has 2 N–H and O–H groups in total. The van der Waals surface area contributed by atoms with E-state index < -0.39 is 10.0 Å². The van der Waals surface area contributed by atoms with Crippen LogP contribution in [0.25, 0.3) is 0 Å². The Labute approximate surface area is 194 Å². The number of hydrogen-bond acceptors (Lipinski definition) is 7. The van der Waals surface area contributed by atoms with E-state index in [1.807, 2.05) is 19.1 Å². The zero-order valence-electron chi connectivity index (χ0n) is 18.7. The summed E-state index contributed by atoms with van der Waals surface area (Å²) < 4.78 is 32.5.